The van der Waals surface area contributed by atoms with E-state index in [9.17, 15) is 0 Å². The Balaban J connectivity index is 1.59. The van der Waals surface area contributed by atoms with Crippen LogP contribution in [0.25, 0.3) is 22.9 Å². The third kappa shape index (κ3) is 3.10. The molecule has 3 aromatic rings. The van der Waals surface area contributed by atoms with Gasteiger partial charge >= 0.3 is 0 Å². The van der Waals surface area contributed by atoms with Crippen LogP contribution >= 0.6 is 0 Å². The molecule has 3 aromatic carbocycles. The number of anilines is 2. The Morgan fingerprint density at radius 1 is 0.889 bits per heavy atom. The summed E-state index contributed by atoms with van der Waals surface area (Å²) in [6.45, 7) is 6.62. The molecule has 2 N–H and O–H groups in total. The van der Waals surface area contributed by atoms with Gasteiger partial charge in [-0.2, -0.15) is 0 Å². The molecule has 0 atom stereocenters. The van der Waals surface area contributed by atoms with E-state index in [1.54, 1.807) is 0 Å². The Labute approximate surface area is 160 Å². The quantitative estimate of drug-likeness (QED) is 0.337. The Morgan fingerprint density at radius 2 is 1.56 bits per heavy atom. The van der Waals surface area contributed by atoms with Crippen molar-refractivity contribution in [3.8, 4) is 0 Å². The van der Waals surface area contributed by atoms with Gasteiger partial charge in [-0.25, -0.2) is 0 Å². The van der Waals surface area contributed by atoms with Crippen molar-refractivity contribution in [3.63, 3.8) is 0 Å². The van der Waals surface area contributed by atoms with Crippen LogP contribution in [0.1, 0.15) is 37.5 Å². The second kappa shape index (κ2) is 6.27. The Bertz CT molecular complexity index is 1040. The normalized spacial score (nSPS) is 12.4. The summed E-state index contributed by atoms with van der Waals surface area (Å²) in [5.74, 6) is 0.352. The van der Waals surface area contributed by atoms with Crippen LogP contribution in [0.4, 0.5) is 11.4 Å². The molecule has 0 amide bonds. The van der Waals surface area contributed by atoms with Crippen LogP contribution in [0, 0.1) is 5.41 Å². The highest BCUT2D eigenvalue weighted by molar-refractivity contribution is 6.13. The van der Waals surface area contributed by atoms with E-state index in [0.29, 0.717) is 5.96 Å². The van der Waals surface area contributed by atoms with Gasteiger partial charge < -0.3 is 10.2 Å². The van der Waals surface area contributed by atoms with E-state index in [2.05, 4.69) is 92.8 Å². The van der Waals surface area contributed by atoms with Crippen LogP contribution in [-0.2, 0) is 5.41 Å². The minimum atomic E-state index is 0.127. The van der Waals surface area contributed by atoms with Gasteiger partial charge in [0.25, 0.3) is 0 Å². The zero-order valence-corrected chi connectivity index (χ0v) is 16.3. The summed E-state index contributed by atoms with van der Waals surface area (Å²) in [4.78, 5) is 1.87. The van der Waals surface area contributed by atoms with E-state index in [4.69, 9.17) is 5.41 Å². The van der Waals surface area contributed by atoms with E-state index < -0.39 is 0 Å². The maximum Gasteiger partial charge on any atom is 0.199 e. The molecular formula is C24H25N3. The average molecular weight is 355 g/mol. The van der Waals surface area contributed by atoms with Crippen LogP contribution in [0.15, 0.2) is 54.6 Å². The van der Waals surface area contributed by atoms with Crippen LogP contribution < -0.4 is 10.2 Å². The third-order valence-corrected chi connectivity index (χ3v) is 5.26. The first-order valence-electron chi connectivity index (χ1n) is 9.28. The molecular weight excluding hydrogens is 330 g/mol. The topological polar surface area (TPSA) is 39.1 Å². The minimum Gasteiger partial charge on any atom is -0.326 e. The fourth-order valence-electron chi connectivity index (χ4n) is 3.55. The first kappa shape index (κ1) is 17.3. The zero-order chi connectivity index (χ0) is 19.2. The molecule has 0 saturated heterocycles. The molecule has 1 aliphatic carbocycles. The number of rotatable bonds is 2. The molecule has 136 valence electrons. The van der Waals surface area contributed by atoms with Crippen molar-refractivity contribution in [1.29, 1.82) is 5.41 Å². The van der Waals surface area contributed by atoms with Gasteiger partial charge in [-0.15, -0.1) is 0 Å². The van der Waals surface area contributed by atoms with Crippen molar-refractivity contribution in [2.45, 2.75) is 26.2 Å². The van der Waals surface area contributed by atoms with E-state index in [1.165, 1.54) is 22.1 Å². The fourth-order valence-corrected chi connectivity index (χ4v) is 3.55. The van der Waals surface area contributed by atoms with Gasteiger partial charge in [0.2, 0.25) is 0 Å². The molecule has 3 heteroatoms. The molecule has 0 aliphatic heterocycles. The lowest BCUT2D eigenvalue weighted by Gasteiger charge is -2.24. The number of hydrogen-bond donors (Lipinski definition) is 2. The van der Waals surface area contributed by atoms with Crippen molar-refractivity contribution in [2.24, 2.45) is 0 Å². The van der Waals surface area contributed by atoms with E-state index in [0.717, 1.165) is 16.8 Å². The summed E-state index contributed by atoms with van der Waals surface area (Å²) in [5.41, 5.74) is 5.85. The number of hydrogen-bond acceptors (Lipinski definition) is 1. The zero-order valence-electron chi connectivity index (χ0n) is 16.3. The molecule has 0 unspecified atom stereocenters. The molecule has 27 heavy (non-hydrogen) atoms. The number of guanidine groups is 1. The molecule has 0 fully saturated rings. The molecule has 0 saturated carbocycles. The van der Waals surface area contributed by atoms with Crippen LogP contribution in [-0.4, -0.2) is 13.0 Å². The molecule has 0 bridgehead atoms. The molecule has 0 heterocycles. The fraction of sp³-hybridized carbons (Fsp3) is 0.208. The van der Waals surface area contributed by atoms with Gasteiger partial charge in [0.1, 0.15) is 0 Å². The smallest absolute Gasteiger partial charge is 0.199 e. The average Bonchev–Trinajstić information content (AvgIpc) is 3.07. The van der Waals surface area contributed by atoms with Gasteiger partial charge in [0, 0.05) is 23.8 Å². The Kier molecular flexibility index (Phi) is 4.03. The molecule has 4 rings (SSSR count). The van der Waals surface area contributed by atoms with Crippen molar-refractivity contribution in [2.75, 3.05) is 17.3 Å². The first-order chi connectivity index (χ1) is 12.8. The summed E-state index contributed by atoms with van der Waals surface area (Å²) in [5, 5.41) is 14.2. The standard InChI is InChI=1S/C24H25N3/c1-24(2,3)18-11-13-19(14-12-18)27(4)23(25)26-21-15-10-17-9-8-16-6-5-7-20(21)22(16)17/h5-15H,1-4H3,(H2,25,26). The Hall–Kier alpha value is -3.07. The van der Waals surface area contributed by atoms with Crippen molar-refractivity contribution < 1.29 is 0 Å². The maximum absolute atomic E-state index is 8.54. The lowest BCUT2D eigenvalue weighted by atomic mass is 9.87. The number of nitrogens with zero attached hydrogens (tertiary/aromatic N) is 1. The van der Waals surface area contributed by atoms with E-state index >= 15 is 0 Å². The highest BCUT2D eigenvalue weighted by Gasteiger charge is 2.16. The largest absolute Gasteiger partial charge is 0.326 e. The number of benzene rings is 3. The predicted octanol–water partition coefficient (Wildman–Crippen LogP) is 6.10. The van der Waals surface area contributed by atoms with Crippen LogP contribution in [0.2, 0.25) is 0 Å². The van der Waals surface area contributed by atoms with E-state index in [1.807, 2.05) is 11.9 Å². The molecule has 0 aromatic heterocycles. The predicted molar refractivity (Wildman–Crippen MR) is 118 cm³/mol. The van der Waals surface area contributed by atoms with Gasteiger partial charge in [0.15, 0.2) is 5.96 Å². The monoisotopic (exact) mass is 355 g/mol. The van der Waals surface area contributed by atoms with Crippen molar-refractivity contribution in [1.82, 2.24) is 0 Å². The Morgan fingerprint density at radius 3 is 2.22 bits per heavy atom. The van der Waals surface area contributed by atoms with Crippen LogP contribution in [0.3, 0.4) is 0 Å². The highest BCUT2D eigenvalue weighted by Crippen LogP contribution is 2.35. The summed E-state index contributed by atoms with van der Waals surface area (Å²) in [6, 6.07) is 18.9. The van der Waals surface area contributed by atoms with Gasteiger partial charge in [-0.3, -0.25) is 5.41 Å². The molecule has 1 aliphatic rings. The van der Waals surface area contributed by atoms with Gasteiger partial charge in [-0.05, 0) is 45.7 Å². The highest BCUT2D eigenvalue weighted by atomic mass is 15.3. The second-order valence-corrected chi connectivity index (χ2v) is 8.13. The summed E-state index contributed by atoms with van der Waals surface area (Å²) < 4.78 is 0. The molecule has 0 spiro atoms. The van der Waals surface area contributed by atoms with Gasteiger partial charge in [-0.1, -0.05) is 69.3 Å². The molecule has 0 radical (unpaired) electrons. The van der Waals surface area contributed by atoms with Crippen LogP contribution in [0.5, 0.6) is 0 Å². The van der Waals surface area contributed by atoms with Crippen molar-refractivity contribution in [3.05, 3.63) is 71.3 Å². The first-order valence-corrected chi connectivity index (χ1v) is 9.28. The minimum absolute atomic E-state index is 0.127. The SMILES string of the molecule is CN(C(=N)Nc1ccc2c3c(cccc13)C=C2)c1ccc(C(C)(C)C)cc1. The van der Waals surface area contributed by atoms with E-state index in [-0.39, 0.29) is 5.41 Å². The van der Waals surface area contributed by atoms with Gasteiger partial charge in [0.05, 0.1) is 0 Å². The lowest BCUT2D eigenvalue weighted by molar-refractivity contribution is 0.590. The number of nitrogens with one attached hydrogen (secondary N) is 2. The summed E-state index contributed by atoms with van der Waals surface area (Å²) >= 11 is 0. The third-order valence-electron chi connectivity index (χ3n) is 5.26. The second-order valence-electron chi connectivity index (χ2n) is 8.13. The summed E-state index contributed by atoms with van der Waals surface area (Å²) in [7, 11) is 1.92. The lowest BCUT2D eigenvalue weighted by Crippen LogP contribution is -2.32. The summed E-state index contributed by atoms with van der Waals surface area (Å²) in [6.07, 6.45) is 4.30. The molecule has 3 nitrogen and oxygen atoms in total. The maximum atomic E-state index is 8.54. The van der Waals surface area contributed by atoms with Crippen molar-refractivity contribution >= 4 is 40.3 Å².